The first-order valence-electron chi connectivity index (χ1n) is 13.5. The van der Waals surface area contributed by atoms with Crippen molar-refractivity contribution >= 4 is 27.9 Å². The van der Waals surface area contributed by atoms with Gasteiger partial charge in [0.15, 0.2) is 6.29 Å². The van der Waals surface area contributed by atoms with Crippen LogP contribution in [-0.2, 0) is 21.3 Å². The molecular weight excluding hydrogens is 528 g/mol. The van der Waals surface area contributed by atoms with Crippen LogP contribution in [-0.4, -0.2) is 94.5 Å². The number of nitriles is 1. The van der Waals surface area contributed by atoms with Crippen molar-refractivity contribution in [2.75, 3.05) is 37.8 Å². The van der Waals surface area contributed by atoms with Crippen molar-refractivity contribution in [3.8, 4) is 17.3 Å². The van der Waals surface area contributed by atoms with Crippen molar-refractivity contribution < 1.29 is 34.7 Å². The lowest BCUT2D eigenvalue weighted by atomic mass is 9.96. The predicted molar refractivity (Wildman–Crippen MR) is 152 cm³/mol. The van der Waals surface area contributed by atoms with Gasteiger partial charge in [-0.1, -0.05) is 18.2 Å². The number of ether oxygens (including phenoxy) is 2. The van der Waals surface area contributed by atoms with E-state index in [1.165, 1.54) is 5.69 Å². The van der Waals surface area contributed by atoms with Crippen molar-refractivity contribution in [3.05, 3.63) is 59.8 Å². The molecule has 5 N–H and O–H groups in total. The second-order valence-electron chi connectivity index (χ2n) is 10.3. The van der Waals surface area contributed by atoms with Crippen LogP contribution in [0.3, 0.4) is 0 Å². The third-order valence-electron chi connectivity index (χ3n) is 7.91. The predicted octanol–water partition coefficient (Wildman–Crippen LogP) is 0.895. The van der Waals surface area contributed by atoms with Crippen molar-refractivity contribution in [3.63, 3.8) is 0 Å². The number of fused-ring (bicyclic) bond motifs is 1. The number of rotatable bonds is 6. The van der Waals surface area contributed by atoms with Crippen molar-refractivity contribution in [1.29, 1.82) is 5.26 Å². The van der Waals surface area contributed by atoms with E-state index in [0.717, 1.165) is 48.3 Å². The molecule has 41 heavy (non-hydrogen) atoms. The van der Waals surface area contributed by atoms with Gasteiger partial charge in [-0.25, -0.2) is 0 Å². The van der Waals surface area contributed by atoms with Crippen molar-refractivity contribution in [2.24, 2.45) is 7.05 Å². The Morgan fingerprint density at radius 2 is 1.76 bits per heavy atom. The van der Waals surface area contributed by atoms with Crippen LogP contribution in [0.15, 0.2) is 54.1 Å². The molecule has 2 aliphatic heterocycles. The van der Waals surface area contributed by atoms with Crippen LogP contribution < -0.4 is 10.2 Å². The Kier molecular flexibility index (Phi) is 8.42. The highest BCUT2D eigenvalue weighted by Crippen LogP contribution is 2.31. The number of nitrogens with one attached hydrogen (secondary N) is 1. The molecule has 0 spiro atoms. The Hall–Kier alpha value is -3.76. The van der Waals surface area contributed by atoms with Gasteiger partial charge in [-0.15, -0.1) is 0 Å². The largest absolute Gasteiger partial charge is 0.394 e. The average Bonchev–Trinajstić information content (AvgIpc) is 3.38. The molecule has 0 radical (unpaired) electrons. The fourth-order valence-corrected chi connectivity index (χ4v) is 5.50. The maximum absolute atomic E-state index is 13.1. The van der Waals surface area contributed by atoms with Gasteiger partial charge in [0.2, 0.25) is 0 Å². The van der Waals surface area contributed by atoms with Gasteiger partial charge in [-0.3, -0.25) is 4.79 Å². The van der Waals surface area contributed by atoms with E-state index in [1.807, 2.05) is 35.9 Å². The molecule has 0 aliphatic carbocycles. The molecule has 216 valence electrons. The number of hydrogen-bond acceptors (Lipinski definition) is 9. The lowest BCUT2D eigenvalue weighted by Crippen LogP contribution is -2.64. The van der Waals surface area contributed by atoms with Gasteiger partial charge >= 0.3 is 0 Å². The first-order valence-corrected chi connectivity index (χ1v) is 13.5. The molecule has 11 nitrogen and oxygen atoms in total. The number of nitrogens with zero attached hydrogens (tertiary/aromatic N) is 3. The number of aliphatic hydroxyl groups excluding tert-OH is 4. The first kappa shape index (κ1) is 28.8. The maximum atomic E-state index is 13.1. The van der Waals surface area contributed by atoms with Crippen LogP contribution in [0, 0.1) is 11.3 Å². The molecule has 1 aromatic heterocycles. The summed E-state index contributed by atoms with van der Waals surface area (Å²) in [4.78, 5) is 15.4. The van der Waals surface area contributed by atoms with E-state index >= 15 is 0 Å². The van der Waals surface area contributed by atoms with E-state index < -0.39 is 43.2 Å². The molecule has 3 aromatic rings. The molecule has 3 heterocycles. The Bertz CT molecular complexity index is 1500. The zero-order valence-electron chi connectivity index (χ0n) is 22.9. The molecule has 0 bridgehead atoms. The average molecular weight is 563 g/mol. The second-order valence-corrected chi connectivity index (χ2v) is 10.3. The minimum atomic E-state index is -1.69. The van der Waals surface area contributed by atoms with Crippen LogP contribution in [0.5, 0.6) is 0 Å². The Morgan fingerprint density at radius 3 is 2.46 bits per heavy atom. The molecule has 11 heteroatoms. The molecule has 5 atom stereocenters. The second kappa shape index (κ2) is 12.0. The number of hydrogen-bond donors (Lipinski definition) is 5. The number of allylic oxidation sites excluding steroid dienone is 1. The minimum absolute atomic E-state index is 0.218. The SMILES string of the molecule is C/C(=C(/C#N)C(=O)N[C@H]1C(O)O[C@H](CO)[C@@H](O)[C@@H]1O)c1ccc(-c2ccc3cc(N4CCOCC4)ccc3c2)n1C. The van der Waals surface area contributed by atoms with E-state index in [9.17, 15) is 30.5 Å². The lowest BCUT2D eigenvalue weighted by Gasteiger charge is -2.40. The van der Waals surface area contributed by atoms with Gasteiger partial charge in [0.05, 0.1) is 19.8 Å². The summed E-state index contributed by atoms with van der Waals surface area (Å²) < 4.78 is 12.5. The number of carbonyl (C=O) groups excluding carboxylic acids is 1. The van der Waals surface area contributed by atoms with Crippen LogP contribution in [0.2, 0.25) is 0 Å². The standard InChI is InChI=1S/C30H34N4O7/c1-17(22(15-31)29(38)32-26-28(37)27(36)25(16-35)41-30(26)39)23-7-8-24(33(23)2)20-4-3-19-14-21(6-5-18(19)13-20)34-9-11-40-12-10-34/h3-8,13-14,25-28,30,35-37,39H,9-12,16H2,1-2H3,(H,32,38)/b22-17+/t25-,26-,27-,28-,30?/m1/s1. The summed E-state index contributed by atoms with van der Waals surface area (Å²) in [5, 5.41) is 54.4. The van der Waals surface area contributed by atoms with Gasteiger partial charge < -0.3 is 44.7 Å². The fraction of sp³-hybridized carbons (Fsp3) is 0.400. The highest BCUT2D eigenvalue weighted by atomic mass is 16.6. The van der Waals surface area contributed by atoms with Gasteiger partial charge in [-0.05, 0) is 59.2 Å². The number of morpholine rings is 1. The molecule has 2 fully saturated rings. The van der Waals surface area contributed by atoms with Crippen LogP contribution in [0.4, 0.5) is 5.69 Å². The summed E-state index contributed by atoms with van der Waals surface area (Å²) >= 11 is 0. The quantitative estimate of drug-likeness (QED) is 0.217. The molecule has 0 saturated carbocycles. The van der Waals surface area contributed by atoms with Crippen molar-refractivity contribution in [1.82, 2.24) is 9.88 Å². The van der Waals surface area contributed by atoms with Crippen LogP contribution >= 0.6 is 0 Å². The number of benzene rings is 2. The van der Waals surface area contributed by atoms with Gasteiger partial charge in [-0.2, -0.15) is 5.26 Å². The van der Waals surface area contributed by atoms with Gasteiger partial charge in [0.25, 0.3) is 5.91 Å². The third-order valence-corrected chi connectivity index (χ3v) is 7.91. The Morgan fingerprint density at radius 1 is 1.05 bits per heavy atom. The number of amides is 1. The van der Waals surface area contributed by atoms with E-state index in [4.69, 9.17) is 9.47 Å². The van der Waals surface area contributed by atoms with E-state index in [0.29, 0.717) is 11.3 Å². The van der Waals surface area contributed by atoms with E-state index in [-0.39, 0.29) is 5.57 Å². The molecule has 2 saturated heterocycles. The molecule has 5 rings (SSSR count). The molecule has 1 amide bonds. The molecular formula is C30H34N4O7. The van der Waals surface area contributed by atoms with E-state index in [1.54, 1.807) is 6.92 Å². The Labute approximate surface area is 237 Å². The minimum Gasteiger partial charge on any atom is -0.394 e. The lowest BCUT2D eigenvalue weighted by molar-refractivity contribution is -0.253. The summed E-state index contributed by atoms with van der Waals surface area (Å²) in [6, 6.07) is 16.9. The third kappa shape index (κ3) is 5.58. The number of anilines is 1. The summed E-state index contributed by atoms with van der Waals surface area (Å²) in [6.07, 6.45) is -6.04. The number of carbonyl (C=O) groups is 1. The summed E-state index contributed by atoms with van der Waals surface area (Å²) in [5.74, 6) is -0.837. The molecule has 2 aromatic carbocycles. The maximum Gasteiger partial charge on any atom is 0.262 e. The zero-order chi connectivity index (χ0) is 29.3. The summed E-state index contributed by atoms with van der Waals surface area (Å²) in [6.45, 7) is 4.21. The van der Waals surface area contributed by atoms with Crippen LogP contribution in [0.1, 0.15) is 12.6 Å². The highest BCUT2D eigenvalue weighted by molar-refractivity contribution is 6.04. The van der Waals surface area contributed by atoms with Gasteiger partial charge in [0.1, 0.15) is 36.0 Å². The number of aromatic nitrogens is 1. The monoisotopic (exact) mass is 562 g/mol. The zero-order valence-corrected chi connectivity index (χ0v) is 22.9. The molecule has 2 aliphatic rings. The fourth-order valence-electron chi connectivity index (χ4n) is 5.50. The smallest absolute Gasteiger partial charge is 0.262 e. The first-order chi connectivity index (χ1) is 19.7. The van der Waals surface area contributed by atoms with Crippen LogP contribution in [0.25, 0.3) is 27.6 Å². The summed E-state index contributed by atoms with van der Waals surface area (Å²) in [7, 11) is 1.85. The number of aliphatic hydroxyl groups is 4. The Balaban J connectivity index is 1.38. The highest BCUT2D eigenvalue weighted by Gasteiger charge is 2.44. The molecule has 1 unspecified atom stereocenters. The van der Waals surface area contributed by atoms with Crippen molar-refractivity contribution in [2.45, 2.75) is 37.6 Å². The van der Waals surface area contributed by atoms with Gasteiger partial charge in [0, 0.05) is 37.2 Å². The van der Waals surface area contributed by atoms with E-state index in [2.05, 4.69) is 40.5 Å². The summed E-state index contributed by atoms with van der Waals surface area (Å²) in [5.41, 5.74) is 3.84. The topological polar surface area (TPSA) is 160 Å². The normalized spacial score (nSPS) is 25.5.